The molecule has 0 unspecified atom stereocenters. The van der Waals surface area contributed by atoms with Crippen LogP contribution in [-0.2, 0) is 4.74 Å². The Hall–Kier alpha value is -3.06. The number of nitrogens with zero attached hydrogens (tertiary/aromatic N) is 1. The molecule has 0 saturated carbocycles. The predicted molar refractivity (Wildman–Crippen MR) is 97.5 cm³/mol. The standard InChI is InChI=1S/C20H21NO6/c1-13-17(23)5-3-7-19(13)27-12-14-10-21(8-9-26-14)20(25)15-4-2-6-18(24)16(15)11-22/h2-7,11,14,23-24H,8-10,12H2,1H3/t14-/m1/s1. The van der Waals surface area contributed by atoms with Crippen molar-refractivity contribution in [1.82, 2.24) is 4.90 Å². The molecule has 27 heavy (non-hydrogen) atoms. The Morgan fingerprint density at radius 2 is 2.00 bits per heavy atom. The zero-order valence-corrected chi connectivity index (χ0v) is 14.9. The lowest BCUT2D eigenvalue weighted by molar-refractivity contribution is -0.0402. The summed E-state index contributed by atoms with van der Waals surface area (Å²) in [6.45, 7) is 2.99. The van der Waals surface area contributed by atoms with Crippen LogP contribution in [0.4, 0.5) is 0 Å². The van der Waals surface area contributed by atoms with E-state index in [1.54, 1.807) is 30.0 Å². The number of phenolic OH excluding ortho intramolecular Hbond substituents is 2. The molecule has 2 N–H and O–H groups in total. The van der Waals surface area contributed by atoms with Crippen LogP contribution < -0.4 is 4.74 Å². The summed E-state index contributed by atoms with van der Waals surface area (Å²) in [4.78, 5) is 25.6. The molecule has 0 radical (unpaired) electrons. The van der Waals surface area contributed by atoms with Crippen molar-refractivity contribution in [3.63, 3.8) is 0 Å². The van der Waals surface area contributed by atoms with Crippen LogP contribution in [0.1, 0.15) is 26.3 Å². The molecule has 1 aliphatic rings. The molecule has 2 aromatic carbocycles. The van der Waals surface area contributed by atoms with Crippen LogP contribution in [-0.4, -0.2) is 59.7 Å². The number of carbonyl (C=O) groups is 2. The number of amides is 1. The van der Waals surface area contributed by atoms with Gasteiger partial charge >= 0.3 is 0 Å². The Morgan fingerprint density at radius 1 is 1.26 bits per heavy atom. The minimum Gasteiger partial charge on any atom is -0.508 e. The van der Waals surface area contributed by atoms with Gasteiger partial charge in [0.15, 0.2) is 6.29 Å². The topological polar surface area (TPSA) is 96.3 Å². The monoisotopic (exact) mass is 371 g/mol. The summed E-state index contributed by atoms with van der Waals surface area (Å²) < 4.78 is 11.4. The van der Waals surface area contributed by atoms with E-state index in [0.717, 1.165) is 0 Å². The molecular formula is C20H21NO6. The third-order valence-electron chi connectivity index (χ3n) is 4.54. The van der Waals surface area contributed by atoms with Gasteiger partial charge in [-0.2, -0.15) is 0 Å². The van der Waals surface area contributed by atoms with Crippen molar-refractivity contribution in [3.8, 4) is 17.2 Å². The lowest BCUT2D eigenvalue weighted by Gasteiger charge is -2.33. The van der Waals surface area contributed by atoms with E-state index in [-0.39, 0.29) is 41.2 Å². The van der Waals surface area contributed by atoms with E-state index < -0.39 is 0 Å². The first kappa shape index (κ1) is 18.7. The first-order chi connectivity index (χ1) is 13.0. The summed E-state index contributed by atoms with van der Waals surface area (Å²) in [6.07, 6.45) is 0.135. The summed E-state index contributed by atoms with van der Waals surface area (Å²) >= 11 is 0. The van der Waals surface area contributed by atoms with E-state index >= 15 is 0 Å². The fourth-order valence-electron chi connectivity index (χ4n) is 2.98. The summed E-state index contributed by atoms with van der Waals surface area (Å²) in [5.41, 5.74) is 0.782. The maximum Gasteiger partial charge on any atom is 0.254 e. The number of carbonyl (C=O) groups excluding carboxylic acids is 2. The quantitative estimate of drug-likeness (QED) is 0.782. The molecule has 1 amide bonds. The fourth-order valence-corrected chi connectivity index (χ4v) is 2.98. The van der Waals surface area contributed by atoms with E-state index in [2.05, 4.69) is 0 Å². The lowest BCUT2D eigenvalue weighted by atomic mass is 10.1. The van der Waals surface area contributed by atoms with Gasteiger partial charge < -0.3 is 24.6 Å². The average Bonchev–Trinajstić information content (AvgIpc) is 2.68. The van der Waals surface area contributed by atoms with Crippen molar-refractivity contribution in [1.29, 1.82) is 0 Å². The number of benzene rings is 2. The van der Waals surface area contributed by atoms with Crippen molar-refractivity contribution >= 4 is 12.2 Å². The SMILES string of the molecule is Cc1c(O)cccc1OC[C@H]1CN(C(=O)c2cccc(O)c2C=O)CCO1. The molecule has 7 nitrogen and oxygen atoms in total. The number of aromatic hydroxyl groups is 2. The molecule has 2 aromatic rings. The van der Waals surface area contributed by atoms with Crippen molar-refractivity contribution in [2.75, 3.05) is 26.3 Å². The maximum atomic E-state index is 12.8. The van der Waals surface area contributed by atoms with Gasteiger partial charge in [0, 0.05) is 12.1 Å². The van der Waals surface area contributed by atoms with Gasteiger partial charge in [0.05, 0.1) is 24.3 Å². The van der Waals surface area contributed by atoms with Crippen LogP contribution in [0.2, 0.25) is 0 Å². The normalized spacial score (nSPS) is 16.8. The van der Waals surface area contributed by atoms with E-state index in [1.807, 2.05) is 0 Å². The molecule has 1 aliphatic heterocycles. The van der Waals surface area contributed by atoms with Crippen LogP contribution in [0, 0.1) is 6.92 Å². The minimum atomic E-state index is -0.346. The number of rotatable bonds is 5. The minimum absolute atomic E-state index is 0.0165. The zero-order chi connectivity index (χ0) is 19.4. The fraction of sp³-hybridized carbons (Fsp3) is 0.300. The van der Waals surface area contributed by atoms with Gasteiger partial charge in [0.25, 0.3) is 5.91 Å². The first-order valence-electron chi connectivity index (χ1n) is 8.60. The molecule has 3 rings (SSSR count). The number of morpholine rings is 1. The Balaban J connectivity index is 1.67. The van der Waals surface area contributed by atoms with E-state index in [4.69, 9.17) is 9.47 Å². The van der Waals surface area contributed by atoms with Gasteiger partial charge in [-0.05, 0) is 31.2 Å². The summed E-state index contributed by atoms with van der Waals surface area (Å²) in [5.74, 6) is 0.149. The average molecular weight is 371 g/mol. The highest BCUT2D eigenvalue weighted by Crippen LogP contribution is 2.26. The van der Waals surface area contributed by atoms with E-state index in [9.17, 15) is 19.8 Å². The van der Waals surface area contributed by atoms with Gasteiger partial charge in [-0.15, -0.1) is 0 Å². The zero-order valence-electron chi connectivity index (χ0n) is 14.9. The maximum absolute atomic E-state index is 12.8. The number of aldehydes is 1. The van der Waals surface area contributed by atoms with E-state index in [0.29, 0.717) is 37.3 Å². The summed E-state index contributed by atoms with van der Waals surface area (Å²) in [6, 6.07) is 9.44. The van der Waals surface area contributed by atoms with Gasteiger partial charge in [-0.1, -0.05) is 12.1 Å². The van der Waals surface area contributed by atoms with Gasteiger partial charge in [-0.25, -0.2) is 0 Å². The summed E-state index contributed by atoms with van der Waals surface area (Å²) in [5, 5.41) is 19.5. The molecule has 1 heterocycles. The molecule has 142 valence electrons. The third-order valence-corrected chi connectivity index (χ3v) is 4.54. The van der Waals surface area contributed by atoms with Crippen LogP contribution in [0.3, 0.4) is 0 Å². The highest BCUT2D eigenvalue weighted by atomic mass is 16.5. The highest BCUT2D eigenvalue weighted by molar-refractivity contribution is 6.02. The Kier molecular flexibility index (Phi) is 5.61. The Labute approximate surface area is 156 Å². The summed E-state index contributed by atoms with van der Waals surface area (Å²) in [7, 11) is 0. The molecule has 7 heteroatoms. The molecule has 0 spiro atoms. The molecule has 0 bridgehead atoms. The van der Waals surface area contributed by atoms with Crippen LogP contribution in [0.25, 0.3) is 0 Å². The second-order valence-electron chi connectivity index (χ2n) is 6.31. The molecule has 1 saturated heterocycles. The number of phenols is 2. The lowest BCUT2D eigenvalue weighted by Crippen LogP contribution is -2.47. The van der Waals surface area contributed by atoms with Gasteiger partial charge in [-0.3, -0.25) is 9.59 Å². The van der Waals surface area contributed by atoms with Crippen LogP contribution in [0.5, 0.6) is 17.2 Å². The van der Waals surface area contributed by atoms with Crippen LogP contribution >= 0.6 is 0 Å². The van der Waals surface area contributed by atoms with Crippen molar-refractivity contribution in [2.45, 2.75) is 13.0 Å². The molecule has 1 atom stereocenters. The molecular weight excluding hydrogens is 350 g/mol. The van der Waals surface area contributed by atoms with E-state index in [1.165, 1.54) is 18.2 Å². The Morgan fingerprint density at radius 3 is 2.78 bits per heavy atom. The number of ether oxygens (including phenoxy) is 2. The van der Waals surface area contributed by atoms with Crippen molar-refractivity contribution < 1.29 is 29.3 Å². The number of hydrogen-bond donors (Lipinski definition) is 2. The van der Waals surface area contributed by atoms with Crippen molar-refractivity contribution in [2.24, 2.45) is 0 Å². The largest absolute Gasteiger partial charge is 0.508 e. The second-order valence-corrected chi connectivity index (χ2v) is 6.31. The highest BCUT2D eigenvalue weighted by Gasteiger charge is 2.27. The first-order valence-corrected chi connectivity index (χ1v) is 8.60. The molecule has 0 aliphatic carbocycles. The molecule has 1 fully saturated rings. The van der Waals surface area contributed by atoms with Gasteiger partial charge in [0.1, 0.15) is 30.0 Å². The van der Waals surface area contributed by atoms with Gasteiger partial charge in [0.2, 0.25) is 0 Å². The van der Waals surface area contributed by atoms with Crippen LogP contribution in [0.15, 0.2) is 36.4 Å². The van der Waals surface area contributed by atoms with Crippen molar-refractivity contribution in [3.05, 3.63) is 53.1 Å². The molecule has 0 aromatic heterocycles. The Bertz CT molecular complexity index is 850. The smallest absolute Gasteiger partial charge is 0.254 e. The second kappa shape index (κ2) is 8.09. The third kappa shape index (κ3) is 4.03. The predicted octanol–water partition coefficient (Wildman–Crippen LogP) is 2.14. The number of hydrogen-bond acceptors (Lipinski definition) is 6.